The first-order valence-corrected chi connectivity index (χ1v) is 14.3. The van der Waals surface area contributed by atoms with Crippen LogP contribution >= 0.6 is 23.1 Å². The fourth-order valence-corrected chi connectivity index (χ4v) is 6.03. The number of aromatic nitrogens is 1. The van der Waals surface area contributed by atoms with E-state index in [1.807, 2.05) is 30.3 Å². The van der Waals surface area contributed by atoms with Crippen molar-refractivity contribution >= 4 is 63.6 Å². The van der Waals surface area contributed by atoms with Crippen LogP contribution in [0, 0.1) is 5.92 Å². The van der Waals surface area contributed by atoms with Crippen molar-refractivity contribution in [1.82, 2.24) is 9.88 Å². The molecule has 40 heavy (non-hydrogen) atoms. The predicted octanol–water partition coefficient (Wildman–Crippen LogP) is 3.41. The molecular weight excluding hydrogens is 556 g/mol. The van der Waals surface area contributed by atoms with Crippen molar-refractivity contribution in [2.24, 2.45) is 11.1 Å². The lowest BCUT2D eigenvalue weighted by molar-refractivity contribution is -0.161. The monoisotopic (exact) mass is 584 g/mol. The Labute approximate surface area is 238 Å². The molecule has 0 saturated carbocycles. The van der Waals surface area contributed by atoms with E-state index in [1.54, 1.807) is 6.08 Å². The number of aliphatic carboxylic acids is 2. The van der Waals surface area contributed by atoms with Gasteiger partial charge in [0.15, 0.2) is 16.6 Å². The maximum absolute atomic E-state index is 13.3. The minimum atomic E-state index is -1.72. The van der Waals surface area contributed by atoms with E-state index in [0.29, 0.717) is 11.3 Å². The lowest BCUT2D eigenvalue weighted by Gasteiger charge is -2.49. The second-order valence-electron chi connectivity index (χ2n) is 9.67. The number of carboxylic acid groups (broad SMARTS) is 2. The number of benzene rings is 1. The minimum absolute atomic E-state index is 0.0964. The zero-order valence-electron chi connectivity index (χ0n) is 22.0. The van der Waals surface area contributed by atoms with Crippen molar-refractivity contribution in [3.05, 3.63) is 63.8 Å². The molecule has 3 heterocycles. The molecule has 210 valence electrons. The number of hydrogen-bond donors (Lipinski definition) is 3. The van der Waals surface area contributed by atoms with Crippen LogP contribution in [0.15, 0.2) is 52.1 Å². The van der Waals surface area contributed by atoms with Gasteiger partial charge in [-0.05, 0) is 37.0 Å². The molecule has 1 saturated heterocycles. The van der Waals surface area contributed by atoms with Gasteiger partial charge in [-0.15, -0.1) is 23.1 Å². The van der Waals surface area contributed by atoms with Crippen LogP contribution in [0.1, 0.15) is 44.0 Å². The van der Waals surface area contributed by atoms with Crippen LogP contribution < -0.4 is 5.73 Å². The maximum Gasteiger partial charge on any atom is 0.352 e. The Morgan fingerprint density at radius 3 is 2.50 bits per heavy atom. The molecule has 2 aromatic rings. The van der Waals surface area contributed by atoms with Gasteiger partial charge in [0.2, 0.25) is 11.5 Å². The molecule has 0 aliphatic carbocycles. The smallest absolute Gasteiger partial charge is 0.352 e. The highest BCUT2D eigenvalue weighted by Gasteiger charge is 2.54. The molecule has 11 nitrogen and oxygen atoms in total. The second-order valence-corrected chi connectivity index (χ2v) is 11.7. The van der Waals surface area contributed by atoms with Crippen LogP contribution in [0.25, 0.3) is 6.08 Å². The Morgan fingerprint density at radius 1 is 1.23 bits per heavy atom. The summed E-state index contributed by atoms with van der Waals surface area (Å²) in [5.74, 6) is -4.08. The predicted molar refractivity (Wildman–Crippen MR) is 152 cm³/mol. The average molecular weight is 585 g/mol. The van der Waals surface area contributed by atoms with Crippen molar-refractivity contribution in [2.45, 2.75) is 44.6 Å². The summed E-state index contributed by atoms with van der Waals surface area (Å²) in [5.41, 5.74) is 6.30. The highest BCUT2D eigenvalue weighted by molar-refractivity contribution is 8.00. The number of aryl methyl sites for hydroxylation is 1. The van der Waals surface area contributed by atoms with E-state index in [1.165, 1.54) is 41.5 Å². The van der Waals surface area contributed by atoms with E-state index in [2.05, 4.69) is 17.1 Å². The fraction of sp³-hybridized carbons (Fsp3) is 0.333. The number of carbonyl (C=O) groups excluding carboxylic acids is 2. The number of nitrogens with two attached hydrogens (primary N) is 1. The van der Waals surface area contributed by atoms with Gasteiger partial charge in [0.1, 0.15) is 11.4 Å². The van der Waals surface area contributed by atoms with E-state index in [-0.39, 0.29) is 28.7 Å². The van der Waals surface area contributed by atoms with Gasteiger partial charge >= 0.3 is 11.9 Å². The Morgan fingerprint density at radius 2 is 1.93 bits per heavy atom. The SMILES string of the molecule is CCc1ccc(/C=C/C2=C(C(=O)O)N3C(=O)[C@@H](CC(=O)/C(=N\OC(C)(C)C(=O)O)c4csc(N)n4)[C@H]3SC2)cc1. The number of rotatable bonds is 11. The zero-order valence-corrected chi connectivity index (χ0v) is 23.6. The van der Waals surface area contributed by atoms with E-state index >= 15 is 0 Å². The first-order chi connectivity index (χ1) is 18.9. The summed E-state index contributed by atoms with van der Waals surface area (Å²) in [5, 5.41) is 24.1. The van der Waals surface area contributed by atoms with Crippen molar-refractivity contribution in [3.63, 3.8) is 0 Å². The summed E-state index contributed by atoms with van der Waals surface area (Å²) < 4.78 is 0. The molecule has 2 aliphatic heterocycles. The quantitative estimate of drug-likeness (QED) is 0.202. The summed E-state index contributed by atoms with van der Waals surface area (Å²) in [4.78, 5) is 60.5. The topological polar surface area (TPSA) is 172 Å². The van der Waals surface area contributed by atoms with Crippen molar-refractivity contribution < 1.29 is 34.2 Å². The molecule has 4 rings (SSSR count). The molecule has 2 aliphatic rings. The number of oxime groups is 1. The van der Waals surface area contributed by atoms with Gasteiger partial charge in [-0.1, -0.05) is 48.5 Å². The third-order valence-electron chi connectivity index (χ3n) is 6.49. The van der Waals surface area contributed by atoms with Crippen LogP contribution in [-0.2, 0) is 30.4 Å². The molecular formula is C27H28N4O7S2. The number of allylic oxidation sites excluding steroid dienone is 1. The number of β-lactam (4-membered cyclic amide) rings is 1. The molecule has 0 bridgehead atoms. The van der Waals surface area contributed by atoms with E-state index < -0.39 is 40.5 Å². The number of carbonyl (C=O) groups is 4. The van der Waals surface area contributed by atoms with E-state index in [9.17, 15) is 29.4 Å². The minimum Gasteiger partial charge on any atom is -0.478 e. The van der Waals surface area contributed by atoms with E-state index in [0.717, 1.165) is 23.3 Å². The number of nitrogens with zero attached hydrogens (tertiary/aromatic N) is 3. The molecule has 0 radical (unpaired) electrons. The number of Topliss-reactive ketones (excluding diaryl/α,β-unsaturated/α-hetero) is 1. The number of fused-ring (bicyclic) bond motifs is 1. The number of nitrogen functional groups attached to an aromatic ring is 1. The highest BCUT2D eigenvalue weighted by atomic mass is 32.2. The maximum atomic E-state index is 13.3. The van der Waals surface area contributed by atoms with Crippen LogP contribution in [-0.4, -0.2) is 66.2 Å². The summed E-state index contributed by atoms with van der Waals surface area (Å²) in [6, 6.07) is 7.90. The number of carboxylic acids is 2. The van der Waals surface area contributed by atoms with Gasteiger partial charge in [-0.25, -0.2) is 14.6 Å². The Hall–Kier alpha value is -3.97. The Balaban J connectivity index is 1.54. The van der Waals surface area contributed by atoms with Crippen LogP contribution in [0.4, 0.5) is 5.13 Å². The molecule has 2 atom stereocenters. The molecule has 1 amide bonds. The number of thioether (sulfide) groups is 1. The lowest BCUT2D eigenvalue weighted by Crippen LogP contribution is -2.62. The normalized spacial score (nSPS) is 19.4. The van der Waals surface area contributed by atoms with Crippen LogP contribution in [0.2, 0.25) is 0 Å². The first-order valence-electron chi connectivity index (χ1n) is 12.3. The number of thiazole rings is 1. The molecule has 1 aromatic heterocycles. The average Bonchev–Trinajstić information content (AvgIpc) is 3.35. The molecule has 1 aromatic carbocycles. The van der Waals surface area contributed by atoms with Crippen LogP contribution in [0.3, 0.4) is 0 Å². The van der Waals surface area contributed by atoms with Gasteiger partial charge in [0.05, 0.1) is 11.3 Å². The molecule has 0 spiro atoms. The van der Waals surface area contributed by atoms with Gasteiger partial charge in [0.25, 0.3) is 0 Å². The fourth-order valence-electron chi connectivity index (χ4n) is 4.10. The highest BCUT2D eigenvalue weighted by Crippen LogP contribution is 2.45. The molecule has 13 heteroatoms. The molecule has 0 unspecified atom stereocenters. The summed E-state index contributed by atoms with van der Waals surface area (Å²) in [6.45, 7) is 4.61. The third-order valence-corrected chi connectivity index (χ3v) is 8.52. The van der Waals surface area contributed by atoms with Gasteiger partial charge in [-0.3, -0.25) is 14.5 Å². The summed E-state index contributed by atoms with van der Waals surface area (Å²) in [6.07, 6.45) is 4.14. The van der Waals surface area contributed by atoms with Gasteiger partial charge in [0, 0.05) is 17.6 Å². The summed E-state index contributed by atoms with van der Waals surface area (Å²) >= 11 is 2.43. The largest absolute Gasteiger partial charge is 0.478 e. The molecule has 4 N–H and O–H groups in total. The van der Waals surface area contributed by atoms with Gasteiger partial charge < -0.3 is 20.8 Å². The number of hydrogen-bond acceptors (Lipinski definition) is 10. The standard InChI is InChI=1S/C27H28N4O7S2/c1-4-14-5-7-15(8-6-14)9-10-16-12-39-23-17(22(33)31(23)21(16)24(34)35)11-19(32)20(18-13-40-26(28)29-18)30-38-27(2,3)25(36)37/h5-10,13,17,23H,4,11-12H2,1-3H3,(H2,28,29)(H,34,35)(H,36,37)/b10-9+,30-20-/t17-,23-/m1/s1. The number of ketones is 1. The molecule has 1 fully saturated rings. The second kappa shape index (κ2) is 11.6. The number of amides is 1. The number of anilines is 1. The van der Waals surface area contributed by atoms with Crippen molar-refractivity contribution in [2.75, 3.05) is 11.5 Å². The van der Waals surface area contributed by atoms with Crippen LogP contribution in [0.5, 0.6) is 0 Å². The van der Waals surface area contributed by atoms with Crippen molar-refractivity contribution in [3.8, 4) is 0 Å². The Bertz CT molecular complexity index is 1440. The lowest BCUT2D eigenvalue weighted by atomic mass is 9.89. The van der Waals surface area contributed by atoms with E-state index in [4.69, 9.17) is 10.6 Å². The third kappa shape index (κ3) is 5.94. The summed E-state index contributed by atoms with van der Waals surface area (Å²) in [7, 11) is 0. The Kier molecular flexibility index (Phi) is 8.45. The zero-order chi connectivity index (χ0) is 29.2. The van der Waals surface area contributed by atoms with Crippen molar-refractivity contribution in [1.29, 1.82) is 0 Å². The first kappa shape index (κ1) is 29.0. The van der Waals surface area contributed by atoms with Gasteiger partial charge in [-0.2, -0.15) is 0 Å².